The van der Waals surface area contributed by atoms with E-state index in [4.69, 9.17) is 9.15 Å². The number of rotatable bonds is 6. The first-order chi connectivity index (χ1) is 13.2. The monoisotopic (exact) mass is 405 g/mol. The number of sulfonamides is 1. The molecular weight excluding hydrogens is 385 g/mol. The van der Waals surface area contributed by atoms with Gasteiger partial charge in [0.2, 0.25) is 15.8 Å². The molecule has 0 aliphatic rings. The van der Waals surface area contributed by atoms with Gasteiger partial charge in [0.15, 0.2) is 0 Å². The normalized spacial score (nSPS) is 12.9. The zero-order valence-corrected chi connectivity index (χ0v) is 16.5. The Labute approximate surface area is 162 Å². The van der Waals surface area contributed by atoms with Crippen LogP contribution in [-0.4, -0.2) is 21.0 Å². The fourth-order valence-corrected chi connectivity index (χ4v) is 4.20. The molecule has 3 rings (SSSR count). The number of furan rings is 1. The maximum absolute atomic E-state index is 13.9. The molecule has 2 aromatic carbocycles. The first kappa shape index (κ1) is 20.0. The van der Waals surface area contributed by atoms with Crippen LogP contribution in [0.1, 0.15) is 41.6 Å². The summed E-state index contributed by atoms with van der Waals surface area (Å²) >= 11 is 0. The highest BCUT2D eigenvalue weighted by Crippen LogP contribution is 2.29. The molecule has 0 radical (unpaired) electrons. The molecule has 0 spiro atoms. The highest BCUT2D eigenvalue weighted by atomic mass is 32.2. The number of hydrogen-bond acceptors (Lipinski definition) is 5. The predicted octanol–water partition coefficient (Wildman–Crippen LogP) is 4.10. The van der Waals surface area contributed by atoms with Gasteiger partial charge in [-0.05, 0) is 45.0 Å². The lowest BCUT2D eigenvalue weighted by Gasteiger charge is -2.15. The Kier molecular flexibility index (Phi) is 5.53. The smallest absolute Gasteiger partial charge is 0.374 e. The number of hydrogen-bond donors (Lipinski definition) is 1. The van der Waals surface area contributed by atoms with Gasteiger partial charge in [0.25, 0.3) is 0 Å². The van der Waals surface area contributed by atoms with Crippen LogP contribution in [0.3, 0.4) is 0 Å². The number of carbonyl (C=O) groups excluding carboxylic acids is 1. The summed E-state index contributed by atoms with van der Waals surface area (Å²) in [6.07, 6.45) is 0. The lowest BCUT2D eigenvalue weighted by atomic mass is 10.1. The standard InChI is InChI=1S/C20H20FNO5S/c1-4-26-20(23)19-12(2)16-11-14(9-10-18(16)27-19)28(24,25)22-13(3)15-7-5-6-8-17(15)21/h5-11,13,22H,4H2,1-3H3. The molecule has 28 heavy (non-hydrogen) atoms. The third-order valence-corrected chi connectivity index (χ3v) is 5.92. The highest BCUT2D eigenvalue weighted by molar-refractivity contribution is 7.89. The topological polar surface area (TPSA) is 85.6 Å². The van der Waals surface area contributed by atoms with Gasteiger partial charge in [0.05, 0.1) is 11.5 Å². The van der Waals surface area contributed by atoms with E-state index in [1.165, 1.54) is 36.4 Å². The maximum atomic E-state index is 13.9. The maximum Gasteiger partial charge on any atom is 0.374 e. The van der Waals surface area contributed by atoms with Gasteiger partial charge in [0.1, 0.15) is 11.4 Å². The molecule has 148 valence electrons. The van der Waals surface area contributed by atoms with E-state index in [0.717, 1.165) is 0 Å². The summed E-state index contributed by atoms with van der Waals surface area (Å²) in [5, 5.41) is 0.490. The van der Waals surface area contributed by atoms with E-state index in [9.17, 15) is 17.6 Å². The van der Waals surface area contributed by atoms with Crippen LogP contribution in [0.25, 0.3) is 11.0 Å². The zero-order valence-electron chi connectivity index (χ0n) is 15.7. The summed E-state index contributed by atoms with van der Waals surface area (Å²) in [4.78, 5) is 12.0. The lowest BCUT2D eigenvalue weighted by Crippen LogP contribution is -2.27. The molecule has 1 atom stereocenters. The van der Waals surface area contributed by atoms with Crippen molar-refractivity contribution in [2.45, 2.75) is 31.7 Å². The minimum Gasteiger partial charge on any atom is -0.460 e. The fourth-order valence-electron chi connectivity index (χ4n) is 2.95. The van der Waals surface area contributed by atoms with Crippen molar-refractivity contribution in [3.8, 4) is 0 Å². The number of aryl methyl sites for hydroxylation is 1. The average molecular weight is 405 g/mol. The molecule has 0 aliphatic carbocycles. The van der Waals surface area contributed by atoms with E-state index in [1.54, 1.807) is 26.8 Å². The second-order valence-corrected chi connectivity index (χ2v) is 8.01. The van der Waals surface area contributed by atoms with Crippen LogP contribution in [0.4, 0.5) is 4.39 Å². The Bertz CT molecular complexity index is 1140. The molecule has 0 bridgehead atoms. The number of carbonyl (C=O) groups is 1. The van der Waals surface area contributed by atoms with E-state index in [1.807, 2.05) is 0 Å². The summed E-state index contributed by atoms with van der Waals surface area (Å²) in [5.41, 5.74) is 1.12. The van der Waals surface area contributed by atoms with Crippen molar-refractivity contribution >= 4 is 27.0 Å². The fraction of sp³-hybridized carbons (Fsp3) is 0.250. The lowest BCUT2D eigenvalue weighted by molar-refractivity contribution is 0.0491. The van der Waals surface area contributed by atoms with Crippen LogP contribution in [0.2, 0.25) is 0 Å². The molecule has 1 unspecified atom stereocenters. The van der Waals surface area contributed by atoms with Gasteiger partial charge in [-0.2, -0.15) is 0 Å². The van der Waals surface area contributed by atoms with Crippen LogP contribution in [0, 0.1) is 12.7 Å². The van der Waals surface area contributed by atoms with Gasteiger partial charge in [-0.1, -0.05) is 18.2 Å². The second kappa shape index (κ2) is 7.73. The summed E-state index contributed by atoms with van der Waals surface area (Å²) in [5.74, 6) is -1.05. The van der Waals surface area contributed by atoms with E-state index in [2.05, 4.69) is 4.72 Å². The van der Waals surface area contributed by atoms with Crippen LogP contribution in [-0.2, 0) is 14.8 Å². The van der Waals surface area contributed by atoms with Crippen LogP contribution in [0.5, 0.6) is 0 Å². The Morgan fingerprint density at radius 1 is 1.25 bits per heavy atom. The second-order valence-electron chi connectivity index (χ2n) is 6.30. The van der Waals surface area contributed by atoms with Crippen LogP contribution in [0.15, 0.2) is 51.8 Å². The number of benzene rings is 2. The minimum atomic E-state index is -3.93. The van der Waals surface area contributed by atoms with Crippen molar-refractivity contribution in [3.63, 3.8) is 0 Å². The Balaban J connectivity index is 1.95. The van der Waals surface area contributed by atoms with Crippen molar-refractivity contribution in [3.05, 3.63) is 65.2 Å². The van der Waals surface area contributed by atoms with E-state index < -0.39 is 27.9 Å². The molecule has 6 nitrogen and oxygen atoms in total. The molecule has 1 heterocycles. The van der Waals surface area contributed by atoms with E-state index in [0.29, 0.717) is 16.5 Å². The van der Waals surface area contributed by atoms with Gasteiger partial charge < -0.3 is 9.15 Å². The van der Waals surface area contributed by atoms with Crippen LogP contribution < -0.4 is 4.72 Å². The minimum absolute atomic E-state index is 0.0116. The van der Waals surface area contributed by atoms with Crippen molar-refractivity contribution in [1.29, 1.82) is 0 Å². The number of nitrogens with one attached hydrogen (secondary N) is 1. The molecular formula is C20H20FNO5S. The van der Waals surface area contributed by atoms with Crippen molar-refractivity contribution in [1.82, 2.24) is 4.72 Å². The molecule has 0 amide bonds. The average Bonchev–Trinajstić information content (AvgIpc) is 2.98. The highest BCUT2D eigenvalue weighted by Gasteiger charge is 2.23. The third kappa shape index (κ3) is 3.79. The Hall–Kier alpha value is -2.71. The SMILES string of the molecule is CCOC(=O)c1oc2ccc(S(=O)(=O)NC(C)c3ccccc3F)cc2c1C. The number of ether oxygens (including phenoxy) is 1. The molecule has 3 aromatic rings. The van der Waals surface area contributed by atoms with E-state index in [-0.39, 0.29) is 22.8 Å². The molecule has 0 saturated carbocycles. The van der Waals surface area contributed by atoms with Gasteiger partial charge in [-0.3, -0.25) is 0 Å². The van der Waals surface area contributed by atoms with Crippen molar-refractivity contribution < 1.29 is 26.8 Å². The quantitative estimate of drug-likeness (QED) is 0.624. The molecule has 8 heteroatoms. The van der Waals surface area contributed by atoms with E-state index >= 15 is 0 Å². The summed E-state index contributed by atoms with van der Waals surface area (Å²) in [6, 6.07) is 9.49. The predicted molar refractivity (Wildman–Crippen MR) is 102 cm³/mol. The first-order valence-corrected chi connectivity index (χ1v) is 10.2. The summed E-state index contributed by atoms with van der Waals surface area (Å²) in [7, 11) is -3.93. The largest absolute Gasteiger partial charge is 0.460 e. The Morgan fingerprint density at radius 2 is 1.96 bits per heavy atom. The number of fused-ring (bicyclic) bond motifs is 1. The molecule has 1 aromatic heterocycles. The van der Waals surface area contributed by atoms with Gasteiger partial charge in [0, 0.05) is 22.6 Å². The van der Waals surface area contributed by atoms with Gasteiger partial charge in [-0.15, -0.1) is 0 Å². The molecule has 0 aliphatic heterocycles. The van der Waals surface area contributed by atoms with Gasteiger partial charge in [-0.25, -0.2) is 22.3 Å². The summed E-state index contributed by atoms with van der Waals surface area (Å²) in [6.45, 7) is 5.11. The van der Waals surface area contributed by atoms with Crippen LogP contribution >= 0.6 is 0 Å². The Morgan fingerprint density at radius 3 is 2.64 bits per heavy atom. The third-order valence-electron chi connectivity index (χ3n) is 4.38. The van der Waals surface area contributed by atoms with Crippen molar-refractivity contribution in [2.24, 2.45) is 0 Å². The van der Waals surface area contributed by atoms with Crippen molar-refractivity contribution in [2.75, 3.05) is 6.61 Å². The molecule has 0 fully saturated rings. The van der Waals surface area contributed by atoms with Gasteiger partial charge >= 0.3 is 5.97 Å². The summed E-state index contributed by atoms with van der Waals surface area (Å²) < 4.78 is 52.4. The molecule has 0 saturated heterocycles. The first-order valence-electron chi connectivity index (χ1n) is 8.71. The number of halogens is 1. The zero-order chi connectivity index (χ0) is 20.5. The number of esters is 1. The molecule has 1 N–H and O–H groups in total.